The molecule has 0 radical (unpaired) electrons. The molecule has 490 valence electrons. The second-order valence-electron chi connectivity index (χ2n) is 20.0. The van der Waals surface area contributed by atoms with E-state index in [-0.39, 0.29) is 49.4 Å². The van der Waals surface area contributed by atoms with Crippen molar-refractivity contribution in [2.75, 3.05) is 49.3 Å². The molecule has 4 heterocycles. The van der Waals surface area contributed by atoms with Crippen LogP contribution in [0.3, 0.4) is 0 Å². The van der Waals surface area contributed by atoms with E-state index in [2.05, 4.69) is 86.9 Å². The second kappa shape index (κ2) is 54.4. The van der Waals surface area contributed by atoms with Gasteiger partial charge in [0.2, 0.25) is 5.78 Å². The van der Waals surface area contributed by atoms with Crippen molar-refractivity contribution < 1.29 is 51.2 Å². The summed E-state index contributed by atoms with van der Waals surface area (Å²) < 4.78 is 53.5. The Morgan fingerprint density at radius 1 is 0.576 bits per heavy atom. The average Bonchev–Trinajstić information content (AvgIpc) is 1.57. The van der Waals surface area contributed by atoms with Crippen molar-refractivity contribution in [3.05, 3.63) is 148 Å². The number of unbranched alkanes of at least 4 members (excludes halogenated alkanes) is 11. The Kier molecular flexibility index (Phi) is 53.5. The molecule has 0 saturated heterocycles. The summed E-state index contributed by atoms with van der Waals surface area (Å²) in [6.07, 6.45) is 22.7. The molecular weight excluding hydrogens is 1260 g/mol. The maximum Gasteiger partial charge on any atom is 2.00 e. The minimum atomic E-state index is -0.802. The van der Waals surface area contributed by atoms with Crippen molar-refractivity contribution in [1.82, 2.24) is 10.2 Å². The van der Waals surface area contributed by atoms with Crippen LogP contribution in [0.2, 0.25) is 15.1 Å². The Morgan fingerprint density at radius 2 is 0.978 bits per heavy atom. The molecule has 0 aliphatic rings. The minimum absolute atomic E-state index is 0. The summed E-state index contributed by atoms with van der Waals surface area (Å²) in [5.41, 5.74) is 4.02. The molecule has 0 saturated carbocycles. The fraction of sp³-hybridized carbons (Fsp3) is 0.437. The fourth-order valence-corrected chi connectivity index (χ4v) is 9.53. The molecule has 4 aromatic heterocycles. The minimum Gasteiger partial charge on any atom is 2.00 e. The predicted molar refractivity (Wildman–Crippen MR) is 389 cm³/mol. The zero-order valence-electron chi connectivity index (χ0n) is 56.0. The monoisotopic (exact) mass is 1350 g/mol. The topological polar surface area (TPSA) is 147 Å². The number of rotatable bonds is 26. The predicted octanol–water partition coefficient (Wildman–Crippen LogP) is 21.5. The number of benzene rings is 4. The molecule has 13 nitrogen and oxygen atoms in total. The maximum absolute atomic E-state index is 13.3. The Labute approximate surface area is 610 Å². The van der Waals surface area contributed by atoms with E-state index in [1.165, 1.54) is 109 Å². The van der Waals surface area contributed by atoms with Crippen molar-refractivity contribution in [3.8, 4) is 79.0 Å². The third-order valence-electron chi connectivity index (χ3n) is 12.9. The molecule has 4 aromatic carbocycles. The summed E-state index contributed by atoms with van der Waals surface area (Å²) >= 11 is 24.8. The molecule has 92 heavy (non-hydrogen) atoms. The smallest absolute Gasteiger partial charge is 2.00 e. The van der Waals surface area contributed by atoms with Crippen LogP contribution >= 0.6 is 46.1 Å². The standard InChI is InChI=1S/C25H23ClN2O5S.C12H11ClO3.C12H10ClO3.2C8H18.C4H9.2CH4.2Li.2Mg/c1-5-32-24(15-6-8-16(9-7-15)25-28-27-14(2)34-25)23(29)19-11-10-18(33-19)17-12-20(30-3)22(26)21(13-17)31-4;2*1-14-10-6-8(9-4-3-5-16-9)7-11(15-2)12(10)13;2*1-3-5-7-8-6-4-2;1-3-4-2;;;;;;/h6-13,24H,5H2,1-4H3;3-7H,1-2H3;3-4,6-7H,1-2H3;2*3-8H2,1-2H3;1,3-4H2,2H3;2*1H4;;;;/q;;-1;;;-1;;;;;;+2. The van der Waals surface area contributed by atoms with Gasteiger partial charge in [0.15, 0.2) is 5.76 Å². The van der Waals surface area contributed by atoms with Crippen LogP contribution in [-0.4, -0.2) is 132 Å². The third-order valence-corrected chi connectivity index (χ3v) is 14.9. The van der Waals surface area contributed by atoms with Gasteiger partial charge in [0, 0.05) is 23.3 Å². The number of carbonyl (C=O) groups excluding carboxylic acids is 1. The van der Waals surface area contributed by atoms with Crippen LogP contribution in [0.4, 0.5) is 0 Å². The molecule has 0 bridgehead atoms. The number of ether oxygens (including phenoxy) is 7. The molecule has 1 atom stereocenters. The number of halogens is 3. The van der Waals surface area contributed by atoms with Crippen molar-refractivity contribution >= 4 is 119 Å². The first kappa shape index (κ1) is 90.4. The molecule has 0 aliphatic carbocycles. The Morgan fingerprint density at radius 3 is 1.29 bits per heavy atom. The quantitative estimate of drug-likeness (QED) is 0.0219. The van der Waals surface area contributed by atoms with Gasteiger partial charge in [-0.15, -0.1) is 16.3 Å². The Bertz CT molecular complexity index is 2940. The number of ketones is 1. The van der Waals surface area contributed by atoms with Crippen LogP contribution in [-0.2, 0) is 4.74 Å². The molecule has 0 spiro atoms. The number of furan rings is 3. The molecule has 21 heteroatoms. The van der Waals surface area contributed by atoms with E-state index in [4.69, 9.17) is 81.2 Å². The van der Waals surface area contributed by atoms with Gasteiger partial charge in [0.25, 0.3) is 0 Å². The number of aromatic nitrogens is 2. The number of carbonyl (C=O) groups is 1. The summed E-state index contributed by atoms with van der Waals surface area (Å²) in [5.74, 6) is 4.93. The van der Waals surface area contributed by atoms with Crippen molar-refractivity contribution in [1.29, 1.82) is 0 Å². The zero-order valence-corrected chi connectivity index (χ0v) is 62.0. The van der Waals surface area contributed by atoms with Crippen molar-refractivity contribution in [2.45, 2.75) is 159 Å². The summed E-state index contributed by atoms with van der Waals surface area (Å²) in [6.45, 7) is 18.9. The SMILES string of the molecule is C.C.CCCCCCCC.CCCCCCCC.CCOC(C(=O)c1ccc(-c2cc(OC)c(Cl)c(OC)c2)o1)c1ccc(-c2nnc(C)s2)cc1.COc1cc(-c2cc[c-]o2)cc(OC)c1Cl.COc1cc(-c2ccco2)cc(OC)c1Cl.[CH2-]CCC.[Li][Mg][Li].[Mg+2]. The number of nitrogens with zero attached hydrogens (tertiary/aromatic N) is 2. The van der Waals surface area contributed by atoms with Crippen LogP contribution in [0.25, 0.3) is 44.5 Å². The number of Topliss-reactive ketones (excluding diaryl/α,β-unsaturated/α-hetero) is 1. The van der Waals surface area contributed by atoms with Gasteiger partial charge >= 0.3 is 67.1 Å². The maximum atomic E-state index is 13.3. The molecule has 8 rings (SSSR count). The van der Waals surface area contributed by atoms with Crippen LogP contribution in [0, 0.1) is 20.1 Å². The van der Waals surface area contributed by atoms with Crippen LogP contribution in [0.5, 0.6) is 34.5 Å². The van der Waals surface area contributed by atoms with E-state index < -0.39 is 6.10 Å². The van der Waals surface area contributed by atoms with E-state index in [9.17, 15) is 4.79 Å². The van der Waals surface area contributed by atoms with Gasteiger partial charge in [-0.1, -0.05) is 203 Å². The molecule has 8 aromatic rings. The molecule has 0 N–H and O–H groups in total. The largest absolute Gasteiger partial charge is 2.00 e. The molecule has 1 unspecified atom stereocenters. The van der Waals surface area contributed by atoms with Gasteiger partial charge in [-0.05, 0) is 97.7 Å². The summed E-state index contributed by atoms with van der Waals surface area (Å²) in [7, 11) is 9.27. The first-order chi connectivity index (χ1) is 43.1. The molecule has 0 amide bonds. The Hall–Kier alpha value is -3.69. The van der Waals surface area contributed by atoms with E-state index in [1.807, 2.05) is 68.4 Å². The average molecular weight is 1360 g/mol. The van der Waals surface area contributed by atoms with E-state index >= 15 is 0 Å². The number of hydrogen-bond acceptors (Lipinski definition) is 14. The van der Waals surface area contributed by atoms with Crippen LogP contribution < -0.4 is 28.4 Å². The van der Waals surface area contributed by atoms with Gasteiger partial charge in [0.05, 0.1) is 48.9 Å². The van der Waals surface area contributed by atoms with Gasteiger partial charge in [-0.3, -0.25) is 4.79 Å². The first-order valence-electron chi connectivity index (χ1n) is 30.8. The van der Waals surface area contributed by atoms with Crippen LogP contribution in [0.15, 0.2) is 117 Å². The molecule has 0 aliphatic heterocycles. The van der Waals surface area contributed by atoms with E-state index in [0.717, 1.165) is 44.5 Å². The number of hydrogen-bond donors (Lipinski definition) is 0. The zero-order chi connectivity index (χ0) is 65.9. The van der Waals surface area contributed by atoms with E-state index in [1.54, 1.807) is 77.2 Å². The van der Waals surface area contributed by atoms with Gasteiger partial charge in [-0.2, -0.15) is 12.5 Å². The summed E-state index contributed by atoms with van der Waals surface area (Å²) in [6, 6.07) is 28.8. The first-order valence-corrected chi connectivity index (χ1v) is 35.6. The second-order valence-corrected chi connectivity index (χ2v) is 23.7. The summed E-state index contributed by atoms with van der Waals surface area (Å²) in [4.78, 5) is 13.3. The number of methoxy groups -OCH3 is 6. The van der Waals surface area contributed by atoms with Crippen molar-refractivity contribution in [2.24, 2.45) is 0 Å². The van der Waals surface area contributed by atoms with E-state index in [0.29, 0.717) is 88.4 Å². The molecule has 0 fully saturated rings. The molecular formula is C71H97Cl3Li2Mg2N2O11S. The van der Waals surface area contributed by atoms with Crippen LogP contribution in [0.1, 0.15) is 174 Å². The fourth-order valence-electron chi connectivity index (χ4n) is 8.04. The van der Waals surface area contributed by atoms with Gasteiger partial charge in [0.1, 0.15) is 77.2 Å². The van der Waals surface area contributed by atoms with Gasteiger partial charge in [-0.25, -0.2) is 0 Å². The third kappa shape index (κ3) is 31.9. The van der Waals surface area contributed by atoms with Gasteiger partial charge < -0.3 is 53.3 Å². The normalized spacial score (nSPS) is 10.1. The Balaban J connectivity index is 0. The summed E-state index contributed by atoms with van der Waals surface area (Å²) in [5, 5.41) is 11.2. The number of aryl methyl sites for hydroxylation is 1. The van der Waals surface area contributed by atoms with Crippen molar-refractivity contribution in [3.63, 3.8) is 0 Å².